The molecular weight excluding hydrogens is 536 g/mol. The van der Waals surface area contributed by atoms with E-state index in [9.17, 15) is 34.2 Å². The highest BCUT2D eigenvalue weighted by Crippen LogP contribution is 2.18. The van der Waals surface area contributed by atoms with Gasteiger partial charge in [0.25, 0.3) is 0 Å². The Kier molecular flexibility index (Phi) is 15.6. The number of hydrogen-bond acceptors (Lipinski definition) is 5. The van der Waals surface area contributed by atoms with Gasteiger partial charge >= 0.3 is 11.9 Å². The van der Waals surface area contributed by atoms with E-state index in [1.54, 1.807) is 12.1 Å². The fourth-order valence-electron chi connectivity index (χ4n) is 4.70. The molecule has 9 heteroatoms. The second kappa shape index (κ2) is 19.2. The lowest BCUT2D eigenvalue weighted by Crippen LogP contribution is -2.18. The summed E-state index contributed by atoms with van der Waals surface area (Å²) in [5.74, 6) is -4.06. The van der Waals surface area contributed by atoms with E-state index in [0.29, 0.717) is 12.1 Å². The number of Topliss-reactive ketones (excluding diaryl/α,β-unsaturated/α-hetero) is 1. The highest BCUT2D eigenvalue weighted by atomic mass is 16.4. The van der Waals surface area contributed by atoms with Crippen molar-refractivity contribution in [3.8, 4) is 0 Å². The van der Waals surface area contributed by atoms with E-state index in [0.717, 1.165) is 37.5 Å². The second-order valence-electron chi connectivity index (χ2n) is 10.7. The molecule has 4 N–H and O–H groups in total. The van der Waals surface area contributed by atoms with Gasteiger partial charge in [0.1, 0.15) is 0 Å². The Morgan fingerprint density at radius 3 is 1.57 bits per heavy atom. The Hall–Kier alpha value is -4.01. The average molecular weight is 581 g/mol. The molecule has 0 heterocycles. The molecule has 0 fully saturated rings. The molecule has 2 rings (SSSR count). The summed E-state index contributed by atoms with van der Waals surface area (Å²) >= 11 is 0. The predicted octanol–water partition coefficient (Wildman–Crippen LogP) is 7.71. The van der Waals surface area contributed by atoms with E-state index in [-0.39, 0.29) is 28.3 Å². The molecule has 0 saturated carbocycles. The lowest BCUT2D eigenvalue weighted by molar-refractivity contribution is -0.116. The van der Waals surface area contributed by atoms with Crippen molar-refractivity contribution in [3.63, 3.8) is 0 Å². The standard InChI is InChI=1S/C33H44N2O7/c1-2-3-4-5-6-7-8-9-10-11-12-13-14-18-30(37)34-27-17-15-16-24(20-27)29(36)23-31(38)35-28-21-25(32(39)40)19-26(22-28)33(41)42/h15-17,19-22H,2-14,18,23H2,1H3,(H,34,37)(H,35,38)(H,39,40)(H,41,42). The van der Waals surface area contributed by atoms with Crippen LogP contribution in [0.2, 0.25) is 0 Å². The number of anilines is 2. The first-order valence-electron chi connectivity index (χ1n) is 15.0. The third-order valence-electron chi connectivity index (χ3n) is 7.01. The van der Waals surface area contributed by atoms with Crippen molar-refractivity contribution in [2.75, 3.05) is 10.6 Å². The van der Waals surface area contributed by atoms with Crippen LogP contribution in [0.25, 0.3) is 0 Å². The van der Waals surface area contributed by atoms with E-state index in [2.05, 4.69) is 17.6 Å². The van der Waals surface area contributed by atoms with Gasteiger partial charge in [0.15, 0.2) is 5.78 Å². The number of carbonyl (C=O) groups excluding carboxylic acids is 3. The van der Waals surface area contributed by atoms with Gasteiger partial charge in [-0.15, -0.1) is 0 Å². The molecule has 0 radical (unpaired) electrons. The third-order valence-corrected chi connectivity index (χ3v) is 7.01. The minimum Gasteiger partial charge on any atom is -0.478 e. The van der Waals surface area contributed by atoms with Gasteiger partial charge in [-0.1, -0.05) is 96.1 Å². The summed E-state index contributed by atoms with van der Waals surface area (Å²) in [5.41, 5.74) is 0.0347. The number of nitrogens with one attached hydrogen (secondary N) is 2. The molecule has 0 bridgehead atoms. The van der Waals surface area contributed by atoms with E-state index in [1.165, 1.54) is 76.3 Å². The zero-order valence-corrected chi connectivity index (χ0v) is 24.6. The Morgan fingerprint density at radius 1 is 0.571 bits per heavy atom. The smallest absolute Gasteiger partial charge is 0.335 e. The second-order valence-corrected chi connectivity index (χ2v) is 10.7. The average Bonchev–Trinajstić information content (AvgIpc) is 2.95. The summed E-state index contributed by atoms with van der Waals surface area (Å²) in [6.45, 7) is 2.24. The monoisotopic (exact) mass is 580 g/mol. The Labute approximate surface area is 248 Å². The topological polar surface area (TPSA) is 150 Å². The van der Waals surface area contributed by atoms with Gasteiger partial charge in [0, 0.05) is 23.4 Å². The molecule has 0 aliphatic carbocycles. The lowest BCUT2D eigenvalue weighted by Gasteiger charge is -2.09. The van der Waals surface area contributed by atoms with Gasteiger partial charge in [0.05, 0.1) is 17.5 Å². The number of hydrogen-bond donors (Lipinski definition) is 4. The van der Waals surface area contributed by atoms with Crippen molar-refractivity contribution < 1.29 is 34.2 Å². The number of carboxylic acids is 2. The van der Waals surface area contributed by atoms with Crippen molar-refractivity contribution in [2.45, 2.75) is 103 Å². The molecule has 0 atom stereocenters. The van der Waals surface area contributed by atoms with Gasteiger partial charge in [-0.3, -0.25) is 14.4 Å². The van der Waals surface area contributed by atoms with Gasteiger partial charge in [-0.25, -0.2) is 9.59 Å². The molecule has 0 unspecified atom stereocenters. The van der Waals surface area contributed by atoms with Crippen LogP contribution < -0.4 is 10.6 Å². The summed E-state index contributed by atoms with van der Waals surface area (Å²) in [4.78, 5) is 60.0. The molecule has 9 nitrogen and oxygen atoms in total. The quantitative estimate of drug-likeness (QED) is 0.0670. The first-order chi connectivity index (χ1) is 20.2. The zero-order valence-electron chi connectivity index (χ0n) is 24.6. The number of rotatable bonds is 21. The van der Waals surface area contributed by atoms with Crippen molar-refractivity contribution in [1.82, 2.24) is 0 Å². The number of unbranched alkanes of at least 4 members (excludes halogenated alkanes) is 12. The third kappa shape index (κ3) is 13.6. The van der Waals surface area contributed by atoms with Gasteiger partial charge in [0.2, 0.25) is 11.8 Å². The van der Waals surface area contributed by atoms with Crippen molar-refractivity contribution in [1.29, 1.82) is 0 Å². The van der Waals surface area contributed by atoms with E-state index in [4.69, 9.17) is 0 Å². The molecule has 2 aromatic carbocycles. The normalized spacial score (nSPS) is 10.7. The van der Waals surface area contributed by atoms with E-state index >= 15 is 0 Å². The predicted molar refractivity (Wildman–Crippen MR) is 163 cm³/mol. The maximum absolute atomic E-state index is 12.7. The number of ketones is 1. The van der Waals surface area contributed by atoms with Gasteiger partial charge in [-0.2, -0.15) is 0 Å². The van der Waals surface area contributed by atoms with Gasteiger partial charge in [-0.05, 0) is 36.8 Å². The fraction of sp³-hybridized carbons (Fsp3) is 0.485. The van der Waals surface area contributed by atoms with Crippen LogP contribution in [-0.4, -0.2) is 39.7 Å². The number of carbonyl (C=O) groups is 5. The lowest BCUT2D eigenvalue weighted by atomic mass is 10.0. The minimum atomic E-state index is -1.35. The largest absolute Gasteiger partial charge is 0.478 e. The van der Waals surface area contributed by atoms with E-state index < -0.39 is 30.0 Å². The van der Waals surface area contributed by atoms with Crippen LogP contribution in [0.1, 0.15) is 134 Å². The molecular formula is C33H44N2O7. The summed E-state index contributed by atoms with van der Waals surface area (Å²) in [6, 6.07) is 9.53. The maximum atomic E-state index is 12.7. The zero-order chi connectivity index (χ0) is 30.7. The molecule has 2 amide bonds. The van der Waals surface area contributed by atoms with Crippen molar-refractivity contribution >= 4 is 40.9 Å². The number of aromatic carboxylic acids is 2. The first kappa shape index (κ1) is 34.2. The van der Waals surface area contributed by atoms with Crippen LogP contribution in [0.3, 0.4) is 0 Å². The minimum absolute atomic E-state index is 0.0423. The maximum Gasteiger partial charge on any atom is 0.335 e. The summed E-state index contributed by atoms with van der Waals surface area (Å²) in [5, 5.41) is 23.6. The molecule has 0 aliphatic heterocycles. The van der Waals surface area contributed by atoms with Crippen LogP contribution in [0.15, 0.2) is 42.5 Å². The van der Waals surface area contributed by atoms with Crippen LogP contribution >= 0.6 is 0 Å². The first-order valence-corrected chi connectivity index (χ1v) is 15.0. The molecule has 0 aliphatic rings. The van der Waals surface area contributed by atoms with Crippen LogP contribution in [0.4, 0.5) is 11.4 Å². The molecule has 0 spiro atoms. The summed E-state index contributed by atoms with van der Waals surface area (Å²) in [7, 11) is 0. The van der Waals surface area contributed by atoms with Gasteiger partial charge < -0.3 is 20.8 Å². The summed E-state index contributed by atoms with van der Waals surface area (Å²) < 4.78 is 0. The van der Waals surface area contributed by atoms with Crippen LogP contribution in [0, 0.1) is 0 Å². The molecule has 228 valence electrons. The number of benzene rings is 2. The SMILES string of the molecule is CCCCCCCCCCCCCCCC(=O)Nc1cccc(C(=O)CC(=O)Nc2cc(C(=O)O)cc(C(=O)O)c2)c1. The van der Waals surface area contributed by atoms with Crippen molar-refractivity contribution in [3.05, 3.63) is 59.2 Å². The Bertz CT molecular complexity index is 1180. The summed E-state index contributed by atoms with van der Waals surface area (Å²) in [6.07, 6.45) is 15.9. The fourth-order valence-corrected chi connectivity index (χ4v) is 4.70. The molecule has 0 saturated heterocycles. The van der Waals surface area contributed by atoms with Crippen molar-refractivity contribution in [2.24, 2.45) is 0 Å². The molecule has 42 heavy (non-hydrogen) atoms. The molecule has 2 aromatic rings. The highest BCUT2D eigenvalue weighted by molar-refractivity contribution is 6.12. The number of amides is 2. The Balaban J connectivity index is 1.70. The van der Waals surface area contributed by atoms with Crippen LogP contribution in [-0.2, 0) is 9.59 Å². The molecule has 0 aromatic heterocycles. The number of carboxylic acid groups (broad SMARTS) is 2. The van der Waals surface area contributed by atoms with E-state index in [1.807, 2.05) is 0 Å². The Morgan fingerprint density at radius 2 is 1.05 bits per heavy atom. The van der Waals surface area contributed by atoms with Crippen LogP contribution in [0.5, 0.6) is 0 Å². The highest BCUT2D eigenvalue weighted by Gasteiger charge is 2.16.